The van der Waals surface area contributed by atoms with Gasteiger partial charge in [0.1, 0.15) is 0 Å². The average Bonchev–Trinajstić information content (AvgIpc) is 2.44. The molecule has 1 atom stereocenters. The molecule has 0 bridgehead atoms. The van der Waals surface area contributed by atoms with E-state index >= 15 is 0 Å². The van der Waals surface area contributed by atoms with Crippen molar-refractivity contribution in [2.75, 3.05) is 0 Å². The van der Waals surface area contributed by atoms with E-state index in [0.29, 0.717) is 0 Å². The fraction of sp³-hybridized carbons (Fsp3) is 0.647. The number of rotatable bonds is 10. The van der Waals surface area contributed by atoms with Crippen molar-refractivity contribution in [1.82, 2.24) is 0 Å². The molecule has 0 aliphatic carbocycles. The molecule has 0 spiro atoms. The Hall–Kier alpha value is 0.140. The van der Waals surface area contributed by atoms with Crippen molar-refractivity contribution in [1.29, 1.82) is 0 Å². The van der Waals surface area contributed by atoms with Crippen LogP contribution in [0.3, 0.4) is 0 Å². The minimum Gasteiger partial charge on any atom is -0.324 e. The zero-order valence-corrected chi connectivity index (χ0v) is 15.7. The van der Waals surface area contributed by atoms with Crippen molar-refractivity contribution in [2.24, 2.45) is 5.73 Å². The molecule has 0 amide bonds. The smallest absolute Gasteiger partial charge is 0.0306 e. The summed E-state index contributed by atoms with van der Waals surface area (Å²) >= 11 is 7.10. The Morgan fingerprint density at radius 3 is 2.20 bits per heavy atom. The third kappa shape index (κ3) is 7.24. The van der Waals surface area contributed by atoms with Crippen LogP contribution in [0.1, 0.15) is 76.3 Å². The lowest BCUT2D eigenvalue weighted by Gasteiger charge is -2.14. The van der Waals surface area contributed by atoms with Gasteiger partial charge in [-0.3, -0.25) is 0 Å². The van der Waals surface area contributed by atoms with Gasteiger partial charge in [-0.15, -0.1) is 0 Å². The molecule has 2 N–H and O–H groups in total. The van der Waals surface area contributed by atoms with Gasteiger partial charge in [0.2, 0.25) is 0 Å². The van der Waals surface area contributed by atoms with E-state index in [1.54, 1.807) is 0 Å². The van der Waals surface area contributed by atoms with Crippen molar-refractivity contribution in [3.05, 3.63) is 32.7 Å². The third-order valence-corrected chi connectivity index (χ3v) is 4.94. The second kappa shape index (κ2) is 10.8. The van der Waals surface area contributed by atoms with Gasteiger partial charge in [0.25, 0.3) is 0 Å². The maximum Gasteiger partial charge on any atom is 0.0306 e. The van der Waals surface area contributed by atoms with Gasteiger partial charge in [0.15, 0.2) is 0 Å². The van der Waals surface area contributed by atoms with E-state index in [9.17, 15) is 0 Å². The van der Waals surface area contributed by atoms with E-state index in [0.717, 1.165) is 15.4 Å². The Bertz CT molecular complexity index is 379. The first-order valence-corrected chi connectivity index (χ1v) is 9.44. The molecular formula is C17H27Br2N. The standard InChI is InChI=1S/C17H27Br2N/c1-2-3-4-5-6-7-8-9-10-17(20)15-13-14(18)11-12-16(15)19/h11-13,17H,2-10,20H2,1H3. The highest BCUT2D eigenvalue weighted by Gasteiger charge is 2.10. The molecule has 0 radical (unpaired) electrons. The SMILES string of the molecule is CCCCCCCCCCC(N)c1cc(Br)ccc1Br. The minimum atomic E-state index is 0.141. The number of halogens is 2. The van der Waals surface area contributed by atoms with Gasteiger partial charge in [-0.1, -0.05) is 90.2 Å². The van der Waals surface area contributed by atoms with E-state index in [4.69, 9.17) is 5.73 Å². The Morgan fingerprint density at radius 1 is 0.950 bits per heavy atom. The first-order valence-electron chi connectivity index (χ1n) is 7.85. The highest BCUT2D eigenvalue weighted by atomic mass is 79.9. The lowest BCUT2D eigenvalue weighted by molar-refractivity contribution is 0.535. The Kier molecular flexibility index (Phi) is 9.83. The number of unbranched alkanes of at least 4 members (excludes halogenated alkanes) is 7. The summed E-state index contributed by atoms with van der Waals surface area (Å²) in [6.45, 7) is 2.27. The van der Waals surface area contributed by atoms with Crippen molar-refractivity contribution >= 4 is 31.9 Å². The first-order chi connectivity index (χ1) is 9.65. The van der Waals surface area contributed by atoms with Gasteiger partial charge in [0.05, 0.1) is 0 Å². The molecule has 0 heterocycles. The topological polar surface area (TPSA) is 26.0 Å². The van der Waals surface area contributed by atoms with E-state index in [2.05, 4.69) is 50.9 Å². The molecule has 1 unspecified atom stereocenters. The maximum atomic E-state index is 6.29. The lowest BCUT2D eigenvalue weighted by Crippen LogP contribution is -2.10. The maximum absolute atomic E-state index is 6.29. The third-order valence-electron chi connectivity index (χ3n) is 3.73. The normalized spacial score (nSPS) is 12.6. The van der Waals surface area contributed by atoms with Crippen molar-refractivity contribution in [3.8, 4) is 0 Å². The summed E-state index contributed by atoms with van der Waals surface area (Å²) in [4.78, 5) is 0. The van der Waals surface area contributed by atoms with Crippen LogP contribution in [0.5, 0.6) is 0 Å². The second-order valence-corrected chi connectivity index (χ2v) is 7.31. The zero-order chi connectivity index (χ0) is 14.8. The van der Waals surface area contributed by atoms with Crippen LogP contribution >= 0.6 is 31.9 Å². The summed E-state index contributed by atoms with van der Waals surface area (Å²) in [7, 11) is 0. The minimum absolute atomic E-state index is 0.141. The fourth-order valence-corrected chi connectivity index (χ4v) is 3.37. The van der Waals surface area contributed by atoms with Gasteiger partial charge >= 0.3 is 0 Å². The van der Waals surface area contributed by atoms with E-state index in [1.165, 1.54) is 56.9 Å². The Balaban J connectivity index is 2.17. The van der Waals surface area contributed by atoms with E-state index < -0.39 is 0 Å². The number of hydrogen-bond acceptors (Lipinski definition) is 1. The van der Waals surface area contributed by atoms with Crippen LogP contribution in [0.15, 0.2) is 27.1 Å². The van der Waals surface area contributed by atoms with Gasteiger partial charge in [-0.2, -0.15) is 0 Å². The predicted octanol–water partition coefficient (Wildman–Crippen LogP) is 6.74. The molecule has 20 heavy (non-hydrogen) atoms. The molecular weight excluding hydrogens is 378 g/mol. The van der Waals surface area contributed by atoms with Crippen molar-refractivity contribution in [2.45, 2.75) is 70.8 Å². The Labute approximate surface area is 141 Å². The van der Waals surface area contributed by atoms with Crippen LogP contribution < -0.4 is 5.73 Å². The van der Waals surface area contributed by atoms with Crippen LogP contribution in [-0.2, 0) is 0 Å². The van der Waals surface area contributed by atoms with Crippen LogP contribution in [0.25, 0.3) is 0 Å². The average molecular weight is 405 g/mol. The molecule has 0 aliphatic heterocycles. The van der Waals surface area contributed by atoms with Gasteiger partial charge in [-0.05, 0) is 30.2 Å². The van der Waals surface area contributed by atoms with Gasteiger partial charge in [0, 0.05) is 15.0 Å². The molecule has 114 valence electrons. The first kappa shape index (κ1) is 18.2. The quantitative estimate of drug-likeness (QED) is 0.429. The molecule has 1 aromatic carbocycles. The van der Waals surface area contributed by atoms with E-state index in [1.807, 2.05) is 6.07 Å². The molecule has 1 rings (SSSR count). The molecule has 1 aromatic rings. The van der Waals surface area contributed by atoms with Crippen LogP contribution in [-0.4, -0.2) is 0 Å². The molecule has 0 saturated carbocycles. The number of nitrogens with two attached hydrogens (primary N) is 1. The van der Waals surface area contributed by atoms with Crippen LogP contribution in [0.4, 0.5) is 0 Å². The molecule has 0 saturated heterocycles. The summed E-state index contributed by atoms with van der Waals surface area (Å²) in [6, 6.07) is 6.37. The number of hydrogen-bond donors (Lipinski definition) is 1. The van der Waals surface area contributed by atoms with Gasteiger partial charge < -0.3 is 5.73 Å². The highest BCUT2D eigenvalue weighted by molar-refractivity contribution is 9.11. The van der Waals surface area contributed by atoms with Crippen LogP contribution in [0.2, 0.25) is 0 Å². The van der Waals surface area contributed by atoms with Crippen LogP contribution in [0, 0.1) is 0 Å². The van der Waals surface area contributed by atoms with E-state index in [-0.39, 0.29) is 6.04 Å². The lowest BCUT2D eigenvalue weighted by atomic mass is 10.0. The second-order valence-electron chi connectivity index (χ2n) is 5.54. The molecule has 1 nitrogen and oxygen atoms in total. The fourth-order valence-electron chi connectivity index (χ4n) is 2.45. The van der Waals surface area contributed by atoms with Crippen molar-refractivity contribution < 1.29 is 0 Å². The molecule has 0 aromatic heterocycles. The Morgan fingerprint density at radius 2 is 1.55 bits per heavy atom. The van der Waals surface area contributed by atoms with Crippen molar-refractivity contribution in [3.63, 3.8) is 0 Å². The highest BCUT2D eigenvalue weighted by Crippen LogP contribution is 2.28. The summed E-state index contributed by atoms with van der Waals surface area (Å²) in [6.07, 6.45) is 11.9. The molecule has 0 fully saturated rings. The monoisotopic (exact) mass is 403 g/mol. The summed E-state index contributed by atoms with van der Waals surface area (Å²) in [5.74, 6) is 0. The summed E-state index contributed by atoms with van der Waals surface area (Å²) < 4.78 is 2.22. The zero-order valence-electron chi connectivity index (χ0n) is 12.5. The predicted molar refractivity (Wildman–Crippen MR) is 96.0 cm³/mol. The number of benzene rings is 1. The summed E-state index contributed by atoms with van der Waals surface area (Å²) in [5.41, 5.74) is 7.50. The molecule has 0 aliphatic rings. The summed E-state index contributed by atoms with van der Waals surface area (Å²) in [5, 5.41) is 0. The largest absolute Gasteiger partial charge is 0.324 e. The van der Waals surface area contributed by atoms with Gasteiger partial charge in [-0.25, -0.2) is 0 Å². The molecule has 3 heteroatoms.